The van der Waals surface area contributed by atoms with E-state index in [2.05, 4.69) is 47.5 Å². The molecule has 2 aromatic carbocycles. The third kappa shape index (κ3) is 5.10. The fourth-order valence-corrected chi connectivity index (χ4v) is 3.62. The normalized spacial score (nSPS) is 16.6. The van der Waals surface area contributed by atoms with Crippen LogP contribution in [-0.2, 0) is 24.2 Å². The van der Waals surface area contributed by atoms with E-state index in [9.17, 15) is 4.79 Å². The topological polar surface area (TPSA) is 41.6 Å². The standard InChI is InChI=1S/C23H30N2O2/c1-3-15-27-22-13-7-6-9-18(22)12-8-14-24-23(26)21-16-19-10-4-5-11-20(19)17-25(21)2/h4-7,9-11,13,21H,3,8,12,14-17H2,1-2H3,(H,24,26). The van der Waals surface area contributed by atoms with Gasteiger partial charge >= 0.3 is 0 Å². The largest absolute Gasteiger partial charge is 0.493 e. The third-order valence-electron chi connectivity index (χ3n) is 5.14. The summed E-state index contributed by atoms with van der Waals surface area (Å²) >= 11 is 0. The molecular weight excluding hydrogens is 336 g/mol. The number of carbonyl (C=O) groups is 1. The predicted molar refractivity (Wildman–Crippen MR) is 109 cm³/mol. The summed E-state index contributed by atoms with van der Waals surface area (Å²) in [6, 6.07) is 16.5. The molecule has 27 heavy (non-hydrogen) atoms. The van der Waals surface area contributed by atoms with Gasteiger partial charge in [0, 0.05) is 13.1 Å². The van der Waals surface area contributed by atoms with Crippen molar-refractivity contribution in [3.8, 4) is 5.75 Å². The number of ether oxygens (including phenoxy) is 1. The highest BCUT2D eigenvalue weighted by Gasteiger charge is 2.28. The second-order valence-electron chi connectivity index (χ2n) is 7.25. The number of fused-ring (bicyclic) bond motifs is 1. The Bertz CT molecular complexity index is 760. The summed E-state index contributed by atoms with van der Waals surface area (Å²) in [4.78, 5) is 14.8. The Hall–Kier alpha value is -2.33. The number of aryl methyl sites for hydroxylation is 1. The SMILES string of the molecule is CCCOc1ccccc1CCCNC(=O)C1Cc2ccccc2CN1C. The molecule has 0 bridgehead atoms. The van der Waals surface area contributed by atoms with E-state index in [4.69, 9.17) is 4.74 Å². The molecule has 1 amide bonds. The number of nitrogens with one attached hydrogen (secondary N) is 1. The van der Waals surface area contributed by atoms with Crippen LogP contribution in [0.4, 0.5) is 0 Å². The van der Waals surface area contributed by atoms with E-state index in [0.717, 1.165) is 44.6 Å². The smallest absolute Gasteiger partial charge is 0.237 e. The molecule has 1 unspecified atom stereocenters. The van der Waals surface area contributed by atoms with Gasteiger partial charge in [-0.1, -0.05) is 49.4 Å². The lowest BCUT2D eigenvalue weighted by Gasteiger charge is -2.33. The van der Waals surface area contributed by atoms with Crippen molar-refractivity contribution >= 4 is 5.91 Å². The summed E-state index contributed by atoms with van der Waals surface area (Å²) in [6.45, 7) is 4.37. The first-order valence-corrected chi connectivity index (χ1v) is 9.94. The molecule has 0 saturated carbocycles. The quantitative estimate of drug-likeness (QED) is 0.726. The zero-order valence-electron chi connectivity index (χ0n) is 16.4. The average Bonchev–Trinajstić information content (AvgIpc) is 2.69. The molecule has 144 valence electrons. The number of likely N-dealkylation sites (N-methyl/N-ethyl adjacent to an activating group) is 1. The number of para-hydroxylation sites is 1. The molecule has 0 saturated heterocycles. The van der Waals surface area contributed by atoms with Crippen molar-refractivity contribution in [2.45, 2.75) is 45.2 Å². The van der Waals surface area contributed by atoms with Gasteiger partial charge in [0.15, 0.2) is 0 Å². The minimum absolute atomic E-state index is 0.0833. The number of benzene rings is 2. The van der Waals surface area contributed by atoms with Gasteiger partial charge in [-0.15, -0.1) is 0 Å². The summed E-state index contributed by atoms with van der Waals surface area (Å²) in [5.41, 5.74) is 3.83. The first kappa shape index (κ1) is 19.4. The lowest BCUT2D eigenvalue weighted by atomic mass is 9.94. The zero-order valence-corrected chi connectivity index (χ0v) is 16.4. The summed E-state index contributed by atoms with van der Waals surface area (Å²) in [7, 11) is 2.03. The van der Waals surface area contributed by atoms with Crippen molar-refractivity contribution in [2.24, 2.45) is 0 Å². The van der Waals surface area contributed by atoms with Crippen LogP contribution in [0, 0.1) is 0 Å². The molecule has 0 aromatic heterocycles. The molecule has 0 radical (unpaired) electrons. The molecule has 3 rings (SSSR count). The number of amides is 1. The Morgan fingerprint density at radius 2 is 1.89 bits per heavy atom. The summed E-state index contributed by atoms with van der Waals surface area (Å²) in [5, 5.41) is 3.13. The second kappa shape index (κ2) is 9.56. The van der Waals surface area contributed by atoms with E-state index in [1.807, 2.05) is 25.2 Å². The van der Waals surface area contributed by atoms with Gasteiger partial charge in [-0.3, -0.25) is 9.69 Å². The van der Waals surface area contributed by atoms with Crippen molar-refractivity contribution in [1.29, 1.82) is 0 Å². The van der Waals surface area contributed by atoms with Crippen LogP contribution < -0.4 is 10.1 Å². The van der Waals surface area contributed by atoms with Gasteiger partial charge in [0.2, 0.25) is 5.91 Å². The van der Waals surface area contributed by atoms with Crippen LogP contribution in [0.2, 0.25) is 0 Å². The fourth-order valence-electron chi connectivity index (χ4n) is 3.62. The van der Waals surface area contributed by atoms with Gasteiger partial charge in [0.1, 0.15) is 5.75 Å². The van der Waals surface area contributed by atoms with Crippen LogP contribution in [-0.4, -0.2) is 37.0 Å². The molecule has 1 N–H and O–H groups in total. The predicted octanol–water partition coefficient (Wildman–Crippen LogP) is 3.58. The van der Waals surface area contributed by atoms with E-state index in [-0.39, 0.29) is 11.9 Å². The highest BCUT2D eigenvalue weighted by atomic mass is 16.5. The van der Waals surface area contributed by atoms with Crippen LogP contribution >= 0.6 is 0 Å². The van der Waals surface area contributed by atoms with E-state index in [0.29, 0.717) is 6.54 Å². The summed E-state index contributed by atoms with van der Waals surface area (Å²) < 4.78 is 5.81. The van der Waals surface area contributed by atoms with E-state index >= 15 is 0 Å². The molecule has 0 spiro atoms. The van der Waals surface area contributed by atoms with Gasteiger partial charge in [0.05, 0.1) is 12.6 Å². The van der Waals surface area contributed by atoms with E-state index in [1.165, 1.54) is 16.7 Å². The highest BCUT2D eigenvalue weighted by Crippen LogP contribution is 2.22. The number of hydrogen-bond acceptors (Lipinski definition) is 3. The van der Waals surface area contributed by atoms with Crippen LogP contribution in [0.15, 0.2) is 48.5 Å². The third-order valence-corrected chi connectivity index (χ3v) is 5.14. The molecule has 1 heterocycles. The van der Waals surface area contributed by atoms with Crippen LogP contribution in [0.1, 0.15) is 36.5 Å². The monoisotopic (exact) mass is 366 g/mol. The molecule has 1 atom stereocenters. The summed E-state index contributed by atoms with van der Waals surface area (Å²) in [5.74, 6) is 1.09. The number of nitrogens with zero attached hydrogens (tertiary/aromatic N) is 1. The molecule has 0 aliphatic carbocycles. The molecule has 1 aliphatic heterocycles. The lowest BCUT2D eigenvalue weighted by molar-refractivity contribution is -0.126. The van der Waals surface area contributed by atoms with Crippen molar-refractivity contribution in [3.05, 3.63) is 65.2 Å². The summed E-state index contributed by atoms with van der Waals surface area (Å²) in [6.07, 6.45) is 3.60. The fraction of sp³-hybridized carbons (Fsp3) is 0.435. The van der Waals surface area contributed by atoms with E-state index in [1.54, 1.807) is 0 Å². The van der Waals surface area contributed by atoms with Crippen molar-refractivity contribution in [3.63, 3.8) is 0 Å². The Balaban J connectivity index is 1.48. The molecule has 1 aliphatic rings. The minimum atomic E-state index is -0.0833. The van der Waals surface area contributed by atoms with Gasteiger partial charge in [-0.2, -0.15) is 0 Å². The minimum Gasteiger partial charge on any atom is -0.493 e. The zero-order chi connectivity index (χ0) is 19.1. The van der Waals surface area contributed by atoms with Crippen molar-refractivity contribution < 1.29 is 9.53 Å². The van der Waals surface area contributed by atoms with E-state index < -0.39 is 0 Å². The lowest BCUT2D eigenvalue weighted by Crippen LogP contribution is -2.48. The molecule has 4 nitrogen and oxygen atoms in total. The Morgan fingerprint density at radius 3 is 2.70 bits per heavy atom. The van der Waals surface area contributed by atoms with Gasteiger partial charge < -0.3 is 10.1 Å². The van der Waals surface area contributed by atoms with Crippen LogP contribution in [0.5, 0.6) is 5.75 Å². The van der Waals surface area contributed by atoms with Crippen molar-refractivity contribution in [2.75, 3.05) is 20.2 Å². The Morgan fingerprint density at radius 1 is 1.15 bits per heavy atom. The number of rotatable bonds is 8. The maximum absolute atomic E-state index is 12.7. The van der Waals surface area contributed by atoms with Crippen LogP contribution in [0.3, 0.4) is 0 Å². The average molecular weight is 367 g/mol. The molecule has 4 heteroatoms. The molecular formula is C23H30N2O2. The Labute approximate surface area is 162 Å². The molecule has 0 fully saturated rings. The maximum Gasteiger partial charge on any atom is 0.237 e. The first-order valence-electron chi connectivity index (χ1n) is 9.94. The highest BCUT2D eigenvalue weighted by molar-refractivity contribution is 5.82. The molecule has 2 aromatic rings. The first-order chi connectivity index (χ1) is 13.2. The number of carbonyl (C=O) groups excluding carboxylic acids is 1. The number of hydrogen-bond donors (Lipinski definition) is 1. The van der Waals surface area contributed by atoms with Gasteiger partial charge in [0.25, 0.3) is 0 Å². The van der Waals surface area contributed by atoms with Crippen LogP contribution in [0.25, 0.3) is 0 Å². The Kier molecular flexibility index (Phi) is 6.88. The van der Waals surface area contributed by atoms with Gasteiger partial charge in [-0.25, -0.2) is 0 Å². The van der Waals surface area contributed by atoms with Gasteiger partial charge in [-0.05, 0) is 55.5 Å². The maximum atomic E-state index is 12.7. The second-order valence-corrected chi connectivity index (χ2v) is 7.25. The van der Waals surface area contributed by atoms with Crippen molar-refractivity contribution in [1.82, 2.24) is 10.2 Å².